The molecule has 0 radical (unpaired) electrons. The molecule has 2 unspecified atom stereocenters. The van der Waals surface area contributed by atoms with Gasteiger partial charge in [0.15, 0.2) is 0 Å². The van der Waals surface area contributed by atoms with E-state index in [0.29, 0.717) is 12.0 Å². The summed E-state index contributed by atoms with van der Waals surface area (Å²) in [6.07, 6.45) is 3.10. The van der Waals surface area contributed by atoms with Crippen LogP contribution in [0.5, 0.6) is 0 Å². The van der Waals surface area contributed by atoms with Crippen molar-refractivity contribution in [3.8, 4) is 0 Å². The van der Waals surface area contributed by atoms with Crippen LogP contribution < -0.4 is 5.32 Å². The molecule has 0 bridgehead atoms. The highest BCUT2D eigenvalue weighted by atomic mass is 16.5. The van der Waals surface area contributed by atoms with E-state index in [2.05, 4.69) is 17.1 Å². The monoisotopic (exact) mass is 286 g/mol. The average Bonchev–Trinajstić information content (AvgIpc) is 2.47. The van der Waals surface area contributed by atoms with Gasteiger partial charge in [-0.2, -0.15) is 0 Å². The number of likely N-dealkylation sites (tertiary alicyclic amines) is 1. The van der Waals surface area contributed by atoms with Crippen LogP contribution in [0.1, 0.15) is 33.1 Å². The van der Waals surface area contributed by atoms with Crippen LogP contribution in [0.25, 0.3) is 0 Å². The van der Waals surface area contributed by atoms with Crippen LogP contribution in [0.3, 0.4) is 0 Å². The number of likely N-dealkylation sites (N-methyl/N-ethyl adjacent to an activating group) is 1. The van der Waals surface area contributed by atoms with Crippen LogP contribution in [-0.4, -0.2) is 63.4 Å². The molecule has 1 rings (SSSR count). The molecule has 0 saturated carbocycles. The second kappa shape index (κ2) is 7.96. The van der Waals surface area contributed by atoms with E-state index < -0.39 is 5.54 Å². The summed E-state index contributed by atoms with van der Waals surface area (Å²) in [6, 6.07) is 0.357. The van der Waals surface area contributed by atoms with Crippen LogP contribution in [0.4, 0.5) is 0 Å². The van der Waals surface area contributed by atoms with Crippen molar-refractivity contribution in [1.82, 2.24) is 10.2 Å². The van der Waals surface area contributed by atoms with Gasteiger partial charge in [-0.05, 0) is 59.2 Å². The summed E-state index contributed by atoms with van der Waals surface area (Å²) < 4.78 is 10.1. The fraction of sp³-hybridized carbons (Fsp3) is 0.933. The van der Waals surface area contributed by atoms with Gasteiger partial charge < -0.3 is 19.7 Å². The van der Waals surface area contributed by atoms with E-state index in [4.69, 9.17) is 9.47 Å². The molecule has 1 aliphatic heterocycles. The molecule has 2 atom stereocenters. The number of methoxy groups -OCH3 is 2. The van der Waals surface area contributed by atoms with Crippen LogP contribution in [0.15, 0.2) is 0 Å². The maximum absolute atomic E-state index is 11.9. The van der Waals surface area contributed by atoms with Gasteiger partial charge in [-0.15, -0.1) is 0 Å². The van der Waals surface area contributed by atoms with Crippen molar-refractivity contribution < 1.29 is 14.3 Å². The van der Waals surface area contributed by atoms with Gasteiger partial charge in [0.2, 0.25) is 0 Å². The first-order chi connectivity index (χ1) is 9.46. The zero-order valence-electron chi connectivity index (χ0n) is 13.6. The molecule has 1 fully saturated rings. The van der Waals surface area contributed by atoms with Crippen molar-refractivity contribution >= 4 is 5.97 Å². The molecule has 0 aliphatic carbocycles. The summed E-state index contributed by atoms with van der Waals surface area (Å²) in [7, 11) is 5.02. The first kappa shape index (κ1) is 17.4. The number of esters is 1. The molecule has 0 amide bonds. The Labute approximate surface area is 123 Å². The standard InChI is InChI=1S/C15H30N2O3/c1-12(10-15(2,16-3)14(18)20-5)17-8-6-13(7-9-17)11-19-4/h12-13,16H,6-11H2,1-5H3. The molecule has 1 heterocycles. The molecule has 5 heteroatoms. The Bertz CT molecular complexity index is 303. The van der Waals surface area contributed by atoms with Crippen molar-refractivity contribution in [2.45, 2.75) is 44.7 Å². The summed E-state index contributed by atoms with van der Waals surface area (Å²) in [5, 5.41) is 3.11. The van der Waals surface area contributed by atoms with Crippen molar-refractivity contribution in [2.24, 2.45) is 5.92 Å². The van der Waals surface area contributed by atoms with E-state index in [1.807, 2.05) is 14.0 Å². The summed E-state index contributed by atoms with van der Waals surface area (Å²) in [4.78, 5) is 14.4. The molecule has 20 heavy (non-hydrogen) atoms. The minimum atomic E-state index is -0.614. The predicted octanol–water partition coefficient (Wildman–Crippen LogP) is 1.27. The van der Waals surface area contributed by atoms with Gasteiger partial charge >= 0.3 is 5.97 Å². The van der Waals surface area contributed by atoms with Crippen molar-refractivity contribution in [3.05, 3.63) is 0 Å². The lowest BCUT2D eigenvalue weighted by molar-refractivity contribution is -0.148. The Balaban J connectivity index is 2.50. The summed E-state index contributed by atoms with van der Waals surface area (Å²) >= 11 is 0. The van der Waals surface area contributed by atoms with Crippen molar-refractivity contribution in [3.63, 3.8) is 0 Å². The normalized spacial score (nSPS) is 22.2. The summed E-state index contributed by atoms with van der Waals surface area (Å²) in [5.41, 5.74) is -0.614. The lowest BCUT2D eigenvalue weighted by atomic mass is 9.90. The van der Waals surface area contributed by atoms with Crippen LogP contribution in [-0.2, 0) is 14.3 Å². The highest BCUT2D eigenvalue weighted by Crippen LogP contribution is 2.23. The first-order valence-electron chi connectivity index (χ1n) is 7.47. The second-order valence-electron chi connectivity index (χ2n) is 6.06. The molecule has 118 valence electrons. The zero-order chi connectivity index (χ0) is 15.2. The highest BCUT2D eigenvalue weighted by Gasteiger charge is 2.36. The van der Waals surface area contributed by atoms with E-state index in [-0.39, 0.29) is 5.97 Å². The van der Waals surface area contributed by atoms with Gasteiger partial charge in [-0.1, -0.05) is 0 Å². The largest absolute Gasteiger partial charge is 0.468 e. The van der Waals surface area contributed by atoms with Gasteiger partial charge in [0.1, 0.15) is 5.54 Å². The number of nitrogens with zero attached hydrogens (tertiary/aromatic N) is 1. The number of hydrogen-bond acceptors (Lipinski definition) is 5. The smallest absolute Gasteiger partial charge is 0.325 e. The number of piperidine rings is 1. The van der Waals surface area contributed by atoms with Gasteiger partial charge in [0, 0.05) is 19.8 Å². The average molecular weight is 286 g/mol. The van der Waals surface area contributed by atoms with Gasteiger partial charge in [0.25, 0.3) is 0 Å². The summed E-state index contributed by atoms with van der Waals surface area (Å²) in [6.45, 7) is 7.12. The van der Waals surface area contributed by atoms with Crippen LogP contribution in [0.2, 0.25) is 0 Å². The number of carbonyl (C=O) groups excluding carboxylic acids is 1. The lowest BCUT2D eigenvalue weighted by Crippen LogP contribution is -2.53. The SMILES string of the molecule is CNC(C)(CC(C)N1CCC(COC)CC1)C(=O)OC. The Morgan fingerprint density at radius 3 is 2.45 bits per heavy atom. The number of rotatable bonds is 7. The Kier molecular flexibility index (Phi) is 6.92. The Morgan fingerprint density at radius 2 is 2.00 bits per heavy atom. The molecule has 0 spiro atoms. The van der Waals surface area contributed by atoms with E-state index in [0.717, 1.165) is 26.1 Å². The number of carbonyl (C=O) groups is 1. The van der Waals surface area contributed by atoms with Crippen LogP contribution in [0, 0.1) is 5.92 Å². The fourth-order valence-electron chi connectivity index (χ4n) is 3.03. The van der Waals surface area contributed by atoms with Crippen LogP contribution >= 0.6 is 0 Å². The molecule has 1 aliphatic rings. The molecule has 0 aromatic carbocycles. The molecule has 5 nitrogen and oxygen atoms in total. The first-order valence-corrected chi connectivity index (χ1v) is 7.47. The van der Waals surface area contributed by atoms with E-state index in [1.54, 1.807) is 7.11 Å². The molecule has 0 aromatic heterocycles. The molecule has 0 aromatic rings. The quantitative estimate of drug-likeness (QED) is 0.714. The van der Waals surface area contributed by atoms with E-state index in [1.165, 1.54) is 20.0 Å². The van der Waals surface area contributed by atoms with E-state index >= 15 is 0 Å². The fourth-order valence-corrected chi connectivity index (χ4v) is 3.03. The summed E-state index contributed by atoms with van der Waals surface area (Å²) in [5.74, 6) is 0.487. The zero-order valence-corrected chi connectivity index (χ0v) is 13.6. The minimum Gasteiger partial charge on any atom is -0.468 e. The van der Waals surface area contributed by atoms with Gasteiger partial charge in [-0.25, -0.2) is 0 Å². The third kappa shape index (κ3) is 4.43. The Morgan fingerprint density at radius 1 is 1.40 bits per heavy atom. The maximum atomic E-state index is 11.9. The third-order valence-electron chi connectivity index (χ3n) is 4.57. The second-order valence-corrected chi connectivity index (χ2v) is 6.06. The topological polar surface area (TPSA) is 50.8 Å². The number of nitrogens with one attached hydrogen (secondary N) is 1. The third-order valence-corrected chi connectivity index (χ3v) is 4.57. The molecular weight excluding hydrogens is 256 g/mol. The predicted molar refractivity (Wildman–Crippen MR) is 79.7 cm³/mol. The van der Waals surface area contributed by atoms with E-state index in [9.17, 15) is 4.79 Å². The van der Waals surface area contributed by atoms with Gasteiger partial charge in [0.05, 0.1) is 7.11 Å². The molecule has 1 saturated heterocycles. The molecular formula is C15H30N2O3. The maximum Gasteiger partial charge on any atom is 0.325 e. The lowest BCUT2D eigenvalue weighted by Gasteiger charge is -2.39. The Hall–Kier alpha value is -0.650. The highest BCUT2D eigenvalue weighted by molar-refractivity contribution is 5.80. The van der Waals surface area contributed by atoms with Crippen molar-refractivity contribution in [1.29, 1.82) is 0 Å². The number of hydrogen-bond donors (Lipinski definition) is 1. The van der Waals surface area contributed by atoms with Gasteiger partial charge in [-0.3, -0.25) is 4.79 Å². The number of ether oxygens (including phenoxy) is 2. The molecule has 1 N–H and O–H groups in total. The van der Waals surface area contributed by atoms with Crippen molar-refractivity contribution in [2.75, 3.05) is 41.0 Å². The minimum absolute atomic E-state index is 0.193.